The van der Waals surface area contributed by atoms with Crippen molar-refractivity contribution in [3.8, 4) is 0 Å². The van der Waals surface area contributed by atoms with Crippen molar-refractivity contribution in [1.82, 2.24) is 0 Å². The molecular weight excluding hydrogens is 444 g/mol. The standard InChI is InChI=1S/C29H44O2.C4H6O/c1-2-3-4-5-6-7-23-10-13-29-22-28(15-14-27(29)21-23)26-11-8-24(9-12-26)20-25(16-18-30)17-19-31;1-4(2)3-5/h10,13-15,21-22,24-26,30-31H,2-9,11-12,16-20H2,1H3;3H,1H2,2H3. The number of fused-ring (bicyclic) bond motifs is 1. The van der Waals surface area contributed by atoms with E-state index in [1.165, 1.54) is 92.5 Å². The lowest BCUT2D eigenvalue weighted by Gasteiger charge is -2.31. The summed E-state index contributed by atoms with van der Waals surface area (Å²) < 4.78 is 0. The highest BCUT2D eigenvalue weighted by Crippen LogP contribution is 2.39. The number of aldehydes is 1. The molecule has 0 amide bonds. The summed E-state index contributed by atoms with van der Waals surface area (Å²) in [4.78, 5) is 9.41. The molecular formula is C33H50O3. The van der Waals surface area contributed by atoms with Crippen molar-refractivity contribution in [3.05, 3.63) is 59.7 Å². The van der Waals surface area contributed by atoms with E-state index < -0.39 is 0 Å². The molecule has 3 rings (SSSR count). The third-order valence-corrected chi connectivity index (χ3v) is 7.76. The monoisotopic (exact) mass is 494 g/mol. The minimum absolute atomic E-state index is 0.248. The summed E-state index contributed by atoms with van der Waals surface area (Å²) in [6.07, 6.45) is 16.6. The second-order valence-electron chi connectivity index (χ2n) is 10.9. The first-order chi connectivity index (χ1) is 17.5. The zero-order valence-corrected chi connectivity index (χ0v) is 22.9. The smallest absolute Gasteiger partial charge is 0.145 e. The van der Waals surface area contributed by atoms with Gasteiger partial charge in [-0.05, 0) is 110 Å². The second-order valence-corrected chi connectivity index (χ2v) is 10.9. The molecule has 3 nitrogen and oxygen atoms in total. The number of carbonyl (C=O) groups excluding carboxylic acids is 1. The minimum atomic E-state index is 0.248. The third-order valence-electron chi connectivity index (χ3n) is 7.76. The van der Waals surface area contributed by atoms with Crippen LogP contribution >= 0.6 is 0 Å². The Hall–Kier alpha value is -1.97. The van der Waals surface area contributed by atoms with Gasteiger partial charge in [-0.25, -0.2) is 0 Å². The maximum Gasteiger partial charge on any atom is 0.145 e. The highest BCUT2D eigenvalue weighted by atomic mass is 16.3. The number of carbonyl (C=O) groups is 1. The van der Waals surface area contributed by atoms with E-state index in [0.717, 1.165) is 25.0 Å². The Morgan fingerprint density at radius 1 is 0.944 bits per heavy atom. The number of hydrogen-bond donors (Lipinski definition) is 2. The lowest BCUT2D eigenvalue weighted by atomic mass is 9.75. The number of allylic oxidation sites excluding steroid dienone is 1. The molecule has 0 radical (unpaired) electrons. The molecule has 1 aliphatic rings. The van der Waals surface area contributed by atoms with Gasteiger partial charge in [0.1, 0.15) is 6.29 Å². The third kappa shape index (κ3) is 11.0. The highest BCUT2D eigenvalue weighted by Gasteiger charge is 2.24. The Morgan fingerprint density at radius 3 is 2.17 bits per heavy atom. The van der Waals surface area contributed by atoms with E-state index in [1.54, 1.807) is 6.92 Å². The van der Waals surface area contributed by atoms with E-state index in [1.807, 2.05) is 0 Å². The van der Waals surface area contributed by atoms with E-state index in [9.17, 15) is 15.0 Å². The van der Waals surface area contributed by atoms with Crippen molar-refractivity contribution < 1.29 is 15.0 Å². The van der Waals surface area contributed by atoms with Gasteiger partial charge >= 0.3 is 0 Å². The van der Waals surface area contributed by atoms with Gasteiger partial charge in [0.2, 0.25) is 0 Å². The zero-order chi connectivity index (χ0) is 26.2. The van der Waals surface area contributed by atoms with Crippen LogP contribution in [0.1, 0.15) is 108 Å². The SMILES string of the molecule is C=C(C)C=O.CCCCCCCc1ccc2cc(C3CCC(CC(CCO)CCO)CC3)ccc2c1. The van der Waals surface area contributed by atoms with E-state index in [2.05, 4.69) is 49.9 Å². The quantitative estimate of drug-likeness (QED) is 0.158. The predicted molar refractivity (Wildman–Crippen MR) is 154 cm³/mol. The van der Waals surface area contributed by atoms with Crippen molar-refractivity contribution in [1.29, 1.82) is 0 Å². The first kappa shape index (κ1) is 30.3. The number of aliphatic hydroxyl groups is 2. The molecule has 2 N–H and O–H groups in total. The molecule has 3 heteroatoms. The molecule has 1 aliphatic carbocycles. The fourth-order valence-electron chi connectivity index (χ4n) is 5.60. The van der Waals surface area contributed by atoms with Gasteiger partial charge in [0.25, 0.3) is 0 Å². The Morgan fingerprint density at radius 2 is 1.56 bits per heavy atom. The van der Waals surface area contributed by atoms with Crippen LogP contribution in [0.25, 0.3) is 10.8 Å². The molecule has 36 heavy (non-hydrogen) atoms. The number of rotatable bonds is 14. The molecule has 0 bridgehead atoms. The van der Waals surface area contributed by atoms with Crippen molar-refractivity contribution in [2.24, 2.45) is 11.8 Å². The van der Waals surface area contributed by atoms with Gasteiger partial charge in [-0.1, -0.05) is 75.6 Å². The number of aryl methyl sites for hydroxylation is 1. The van der Waals surface area contributed by atoms with Crippen LogP contribution < -0.4 is 0 Å². The van der Waals surface area contributed by atoms with E-state index in [0.29, 0.717) is 17.4 Å². The maximum absolute atomic E-state index is 9.41. The fraction of sp³-hybridized carbons (Fsp3) is 0.606. The van der Waals surface area contributed by atoms with Gasteiger partial charge in [-0.3, -0.25) is 4.79 Å². The van der Waals surface area contributed by atoms with Crippen LogP contribution in [0.5, 0.6) is 0 Å². The van der Waals surface area contributed by atoms with E-state index in [4.69, 9.17) is 0 Å². The molecule has 1 saturated carbocycles. The maximum atomic E-state index is 9.41. The van der Waals surface area contributed by atoms with Gasteiger partial charge in [0, 0.05) is 13.2 Å². The molecule has 0 aliphatic heterocycles. The van der Waals surface area contributed by atoms with Crippen molar-refractivity contribution in [2.45, 2.75) is 103 Å². The molecule has 2 aromatic rings. The first-order valence-corrected chi connectivity index (χ1v) is 14.4. The van der Waals surface area contributed by atoms with Crippen molar-refractivity contribution in [3.63, 3.8) is 0 Å². The van der Waals surface area contributed by atoms with Crippen LogP contribution in [-0.4, -0.2) is 29.7 Å². The van der Waals surface area contributed by atoms with Crippen LogP contribution in [0.15, 0.2) is 48.6 Å². The Labute approximate surface area is 220 Å². The molecule has 0 aromatic heterocycles. The van der Waals surface area contributed by atoms with Gasteiger partial charge in [0.15, 0.2) is 0 Å². The first-order valence-electron chi connectivity index (χ1n) is 14.4. The molecule has 200 valence electrons. The summed E-state index contributed by atoms with van der Waals surface area (Å²) in [5.74, 6) is 1.94. The molecule has 0 spiro atoms. The van der Waals surface area contributed by atoms with Crippen LogP contribution in [0.2, 0.25) is 0 Å². The van der Waals surface area contributed by atoms with E-state index >= 15 is 0 Å². The van der Waals surface area contributed by atoms with Crippen molar-refractivity contribution in [2.75, 3.05) is 13.2 Å². The fourth-order valence-corrected chi connectivity index (χ4v) is 5.60. The van der Waals surface area contributed by atoms with Gasteiger partial charge in [0.05, 0.1) is 0 Å². The molecule has 0 saturated heterocycles. The largest absolute Gasteiger partial charge is 0.396 e. The lowest BCUT2D eigenvalue weighted by molar-refractivity contribution is -0.104. The van der Waals surface area contributed by atoms with Crippen LogP contribution in [0.3, 0.4) is 0 Å². The summed E-state index contributed by atoms with van der Waals surface area (Å²) in [5.41, 5.74) is 3.57. The summed E-state index contributed by atoms with van der Waals surface area (Å²) in [7, 11) is 0. The Kier molecular flexibility index (Phi) is 14.7. The molecule has 2 aromatic carbocycles. The predicted octanol–water partition coefficient (Wildman–Crippen LogP) is 8.16. The van der Waals surface area contributed by atoms with E-state index in [-0.39, 0.29) is 13.2 Å². The zero-order valence-electron chi connectivity index (χ0n) is 22.9. The average molecular weight is 495 g/mol. The molecule has 0 atom stereocenters. The summed E-state index contributed by atoms with van der Waals surface area (Å²) in [5, 5.41) is 21.3. The van der Waals surface area contributed by atoms with Crippen LogP contribution in [0.4, 0.5) is 0 Å². The average Bonchev–Trinajstić information content (AvgIpc) is 2.89. The second kappa shape index (κ2) is 17.5. The van der Waals surface area contributed by atoms with Gasteiger partial charge in [-0.2, -0.15) is 0 Å². The topological polar surface area (TPSA) is 57.5 Å². The van der Waals surface area contributed by atoms with Crippen LogP contribution in [0, 0.1) is 11.8 Å². The normalized spacial score (nSPS) is 17.6. The molecule has 0 unspecified atom stereocenters. The van der Waals surface area contributed by atoms with Gasteiger partial charge in [-0.15, -0.1) is 0 Å². The lowest BCUT2D eigenvalue weighted by Crippen LogP contribution is -2.18. The minimum Gasteiger partial charge on any atom is -0.396 e. The molecule has 1 fully saturated rings. The summed E-state index contributed by atoms with van der Waals surface area (Å²) >= 11 is 0. The summed E-state index contributed by atoms with van der Waals surface area (Å²) in [6.45, 7) is 7.74. The number of unbranched alkanes of at least 4 members (excludes halogenated alkanes) is 4. The highest BCUT2D eigenvalue weighted by molar-refractivity contribution is 5.84. The summed E-state index contributed by atoms with van der Waals surface area (Å²) in [6, 6.07) is 14.2. The number of benzene rings is 2. The Balaban J connectivity index is 0.000000830. The van der Waals surface area contributed by atoms with Crippen molar-refractivity contribution >= 4 is 17.1 Å². The Bertz CT molecular complexity index is 889. The van der Waals surface area contributed by atoms with Gasteiger partial charge < -0.3 is 10.2 Å². The molecule has 0 heterocycles. The number of aliphatic hydroxyl groups excluding tert-OH is 2. The number of hydrogen-bond acceptors (Lipinski definition) is 3. The van der Waals surface area contributed by atoms with Crippen LogP contribution in [-0.2, 0) is 11.2 Å².